The topological polar surface area (TPSA) is 84.1 Å². The van der Waals surface area contributed by atoms with Crippen LogP contribution in [0.25, 0.3) is 0 Å². The summed E-state index contributed by atoms with van der Waals surface area (Å²) in [5, 5.41) is 11.4. The fourth-order valence-corrected chi connectivity index (χ4v) is 2.95. The standard InChI is InChI=1S/C16H26N8O/c1-21(2)9-10-23-8-5-15(20-23)19-16(25)22-6-3-14(4-7-22)11-24-13-17-12-18-24/h5,8,12-14H,3-4,6-7,9-11H2,1-2H3,(H,19,20,25). The molecule has 9 nitrogen and oxygen atoms in total. The number of likely N-dealkylation sites (tertiary alicyclic amines) is 1. The van der Waals surface area contributed by atoms with Crippen LogP contribution in [-0.2, 0) is 13.1 Å². The van der Waals surface area contributed by atoms with Crippen molar-refractivity contribution in [1.29, 1.82) is 0 Å². The molecule has 0 unspecified atom stereocenters. The third kappa shape index (κ3) is 5.02. The van der Waals surface area contributed by atoms with Crippen molar-refractivity contribution < 1.29 is 4.79 Å². The highest BCUT2D eigenvalue weighted by Gasteiger charge is 2.23. The Labute approximate surface area is 147 Å². The van der Waals surface area contributed by atoms with Crippen molar-refractivity contribution in [2.75, 3.05) is 39.0 Å². The highest BCUT2D eigenvalue weighted by atomic mass is 16.2. The first kappa shape index (κ1) is 17.4. The number of aromatic nitrogens is 5. The second-order valence-electron chi connectivity index (χ2n) is 6.75. The van der Waals surface area contributed by atoms with Gasteiger partial charge in [-0.25, -0.2) is 9.78 Å². The zero-order chi connectivity index (χ0) is 17.6. The van der Waals surface area contributed by atoms with Crippen LogP contribution in [0.5, 0.6) is 0 Å². The second kappa shape index (κ2) is 8.11. The number of anilines is 1. The molecule has 0 spiro atoms. The Morgan fingerprint density at radius 2 is 2.12 bits per heavy atom. The number of urea groups is 1. The maximum Gasteiger partial charge on any atom is 0.323 e. The van der Waals surface area contributed by atoms with E-state index in [1.165, 1.54) is 0 Å². The fraction of sp³-hybridized carbons (Fsp3) is 0.625. The lowest BCUT2D eigenvalue weighted by molar-refractivity contribution is 0.175. The predicted octanol–water partition coefficient (Wildman–Crippen LogP) is 0.980. The van der Waals surface area contributed by atoms with Gasteiger partial charge in [0.15, 0.2) is 5.82 Å². The van der Waals surface area contributed by atoms with Gasteiger partial charge in [0.1, 0.15) is 12.7 Å². The van der Waals surface area contributed by atoms with Crippen molar-refractivity contribution in [3.05, 3.63) is 24.9 Å². The number of carbonyl (C=O) groups excluding carboxylic acids is 1. The molecule has 2 amide bonds. The highest BCUT2D eigenvalue weighted by molar-refractivity contribution is 5.88. The Balaban J connectivity index is 1.43. The summed E-state index contributed by atoms with van der Waals surface area (Å²) in [7, 11) is 4.05. The minimum atomic E-state index is -0.0722. The van der Waals surface area contributed by atoms with E-state index in [2.05, 4.69) is 25.4 Å². The molecule has 9 heteroatoms. The number of nitrogens with zero attached hydrogens (tertiary/aromatic N) is 7. The van der Waals surface area contributed by atoms with Gasteiger partial charge < -0.3 is 9.80 Å². The van der Waals surface area contributed by atoms with E-state index in [0.717, 1.165) is 45.6 Å². The lowest BCUT2D eigenvalue weighted by Crippen LogP contribution is -2.41. The van der Waals surface area contributed by atoms with E-state index in [9.17, 15) is 4.79 Å². The Bertz CT molecular complexity index is 657. The maximum atomic E-state index is 12.4. The van der Waals surface area contributed by atoms with Crippen LogP contribution >= 0.6 is 0 Å². The molecule has 0 bridgehead atoms. The zero-order valence-corrected chi connectivity index (χ0v) is 14.9. The molecule has 0 aromatic carbocycles. The minimum Gasteiger partial charge on any atom is -0.324 e. The van der Waals surface area contributed by atoms with E-state index in [1.54, 1.807) is 12.7 Å². The Morgan fingerprint density at radius 1 is 1.32 bits per heavy atom. The number of hydrogen-bond acceptors (Lipinski definition) is 5. The summed E-state index contributed by atoms with van der Waals surface area (Å²) in [6, 6.07) is 1.77. The number of hydrogen-bond donors (Lipinski definition) is 1. The monoisotopic (exact) mass is 346 g/mol. The summed E-state index contributed by atoms with van der Waals surface area (Å²) >= 11 is 0. The third-order valence-corrected chi connectivity index (χ3v) is 4.47. The summed E-state index contributed by atoms with van der Waals surface area (Å²) in [4.78, 5) is 20.3. The largest absolute Gasteiger partial charge is 0.324 e. The van der Waals surface area contributed by atoms with Crippen LogP contribution in [0.3, 0.4) is 0 Å². The van der Waals surface area contributed by atoms with Crippen LogP contribution in [0.4, 0.5) is 10.6 Å². The van der Waals surface area contributed by atoms with Gasteiger partial charge in [0.2, 0.25) is 0 Å². The molecular formula is C16H26N8O. The molecule has 1 N–H and O–H groups in total. The van der Waals surface area contributed by atoms with E-state index in [4.69, 9.17) is 0 Å². The van der Waals surface area contributed by atoms with E-state index in [0.29, 0.717) is 11.7 Å². The average molecular weight is 346 g/mol. The van der Waals surface area contributed by atoms with Gasteiger partial charge in [0.25, 0.3) is 0 Å². The summed E-state index contributed by atoms with van der Waals surface area (Å²) < 4.78 is 3.71. The first-order chi connectivity index (χ1) is 12.1. The lowest BCUT2D eigenvalue weighted by atomic mass is 9.97. The van der Waals surface area contributed by atoms with Gasteiger partial charge in [-0.05, 0) is 32.9 Å². The van der Waals surface area contributed by atoms with Crippen LogP contribution in [0.2, 0.25) is 0 Å². The van der Waals surface area contributed by atoms with Gasteiger partial charge in [0, 0.05) is 38.4 Å². The molecule has 2 aromatic rings. The number of carbonyl (C=O) groups is 1. The fourth-order valence-electron chi connectivity index (χ4n) is 2.95. The Kier molecular flexibility index (Phi) is 5.64. The molecule has 136 valence electrons. The number of nitrogens with one attached hydrogen (secondary N) is 1. The molecule has 1 aliphatic rings. The van der Waals surface area contributed by atoms with Crippen LogP contribution in [-0.4, -0.2) is 74.1 Å². The molecule has 1 fully saturated rings. The maximum absolute atomic E-state index is 12.4. The molecule has 0 radical (unpaired) electrons. The van der Waals surface area contributed by atoms with Gasteiger partial charge in [-0.15, -0.1) is 0 Å². The van der Waals surface area contributed by atoms with Gasteiger partial charge >= 0.3 is 6.03 Å². The molecule has 0 atom stereocenters. The van der Waals surface area contributed by atoms with Crippen LogP contribution < -0.4 is 5.32 Å². The molecular weight excluding hydrogens is 320 g/mol. The van der Waals surface area contributed by atoms with Crippen molar-refractivity contribution >= 4 is 11.8 Å². The predicted molar refractivity (Wildman–Crippen MR) is 94.1 cm³/mol. The normalized spacial score (nSPS) is 15.7. The van der Waals surface area contributed by atoms with Crippen LogP contribution in [0.15, 0.2) is 24.9 Å². The molecule has 0 saturated carbocycles. The molecule has 1 aliphatic heterocycles. The molecule has 3 rings (SSSR count). The first-order valence-electron chi connectivity index (χ1n) is 8.66. The first-order valence-corrected chi connectivity index (χ1v) is 8.66. The van der Waals surface area contributed by atoms with Crippen LogP contribution in [0, 0.1) is 5.92 Å². The summed E-state index contributed by atoms with van der Waals surface area (Å²) in [5.41, 5.74) is 0. The van der Waals surface area contributed by atoms with Crippen molar-refractivity contribution in [2.24, 2.45) is 5.92 Å². The van der Waals surface area contributed by atoms with Gasteiger partial charge in [-0.3, -0.25) is 14.7 Å². The van der Waals surface area contributed by atoms with E-state index < -0.39 is 0 Å². The number of rotatable bonds is 6. The number of likely N-dealkylation sites (N-methyl/N-ethyl adjacent to an activating group) is 1. The molecule has 25 heavy (non-hydrogen) atoms. The number of piperidine rings is 1. The van der Waals surface area contributed by atoms with Gasteiger partial charge in [0.05, 0.1) is 6.54 Å². The van der Waals surface area contributed by atoms with Crippen molar-refractivity contribution in [2.45, 2.75) is 25.9 Å². The summed E-state index contributed by atoms with van der Waals surface area (Å²) in [6.45, 7) is 4.09. The SMILES string of the molecule is CN(C)CCn1ccc(NC(=O)N2CCC(Cn3cncn3)CC2)n1. The second-order valence-corrected chi connectivity index (χ2v) is 6.75. The highest BCUT2D eigenvalue weighted by Crippen LogP contribution is 2.19. The molecule has 1 saturated heterocycles. The minimum absolute atomic E-state index is 0.0722. The van der Waals surface area contributed by atoms with Gasteiger partial charge in [-0.1, -0.05) is 0 Å². The van der Waals surface area contributed by atoms with Gasteiger partial charge in [-0.2, -0.15) is 10.2 Å². The Hall–Kier alpha value is -2.42. The van der Waals surface area contributed by atoms with E-state index >= 15 is 0 Å². The van der Waals surface area contributed by atoms with Crippen molar-refractivity contribution in [1.82, 2.24) is 34.3 Å². The number of amides is 2. The van der Waals surface area contributed by atoms with Crippen molar-refractivity contribution in [3.63, 3.8) is 0 Å². The summed E-state index contributed by atoms with van der Waals surface area (Å²) in [5.74, 6) is 1.14. The van der Waals surface area contributed by atoms with Crippen LogP contribution in [0.1, 0.15) is 12.8 Å². The third-order valence-electron chi connectivity index (χ3n) is 4.47. The van der Waals surface area contributed by atoms with E-state index in [-0.39, 0.29) is 6.03 Å². The van der Waals surface area contributed by atoms with E-state index in [1.807, 2.05) is 40.6 Å². The lowest BCUT2D eigenvalue weighted by Gasteiger charge is -2.31. The smallest absolute Gasteiger partial charge is 0.323 e. The quantitative estimate of drug-likeness (QED) is 0.843. The summed E-state index contributed by atoms with van der Waals surface area (Å²) in [6.07, 6.45) is 7.14. The molecule has 3 heterocycles. The zero-order valence-electron chi connectivity index (χ0n) is 14.9. The molecule has 0 aliphatic carbocycles. The van der Waals surface area contributed by atoms with Crippen molar-refractivity contribution in [3.8, 4) is 0 Å². The average Bonchev–Trinajstić information content (AvgIpc) is 3.25. The molecule has 2 aromatic heterocycles. The Morgan fingerprint density at radius 3 is 2.80 bits per heavy atom.